The maximum absolute atomic E-state index is 13.0. The van der Waals surface area contributed by atoms with Crippen LogP contribution in [0, 0.1) is 5.82 Å². The molecule has 1 aromatic heterocycles. The van der Waals surface area contributed by atoms with Gasteiger partial charge in [-0.05, 0) is 36.4 Å². The first-order valence-corrected chi connectivity index (χ1v) is 7.76. The standard InChI is InChI=1S/C17H15FN4O4.ClH/c18-12-3-1-11(2-4-12)14-6-5-13(26-14)9-20-21-10-16(24)22(17(21)25)15(23)7-8-19;/h1-6,9H,7-8,10,19H2;1H/b20-9+;. The molecule has 4 amide bonds. The van der Waals surface area contributed by atoms with Gasteiger partial charge in [0.25, 0.3) is 5.91 Å². The lowest BCUT2D eigenvalue weighted by atomic mass is 10.2. The van der Waals surface area contributed by atoms with Crippen molar-refractivity contribution in [2.24, 2.45) is 10.8 Å². The minimum Gasteiger partial charge on any atom is -0.455 e. The number of benzene rings is 1. The van der Waals surface area contributed by atoms with E-state index in [9.17, 15) is 18.8 Å². The van der Waals surface area contributed by atoms with Crippen LogP contribution in [0.3, 0.4) is 0 Å². The number of furan rings is 1. The Morgan fingerprint density at radius 1 is 1.22 bits per heavy atom. The SMILES string of the molecule is Cl.NCCC(=O)N1C(=O)CN(/N=C/c2ccc(-c3ccc(F)cc3)o2)C1=O. The number of amides is 4. The lowest BCUT2D eigenvalue weighted by Gasteiger charge is -2.11. The molecule has 3 rings (SSSR count). The molecule has 0 saturated carbocycles. The van der Waals surface area contributed by atoms with Gasteiger partial charge in [-0.1, -0.05) is 0 Å². The molecule has 10 heteroatoms. The summed E-state index contributed by atoms with van der Waals surface area (Å²) in [6.07, 6.45) is 1.16. The molecule has 1 aliphatic rings. The van der Waals surface area contributed by atoms with Crippen LogP contribution < -0.4 is 5.73 Å². The number of rotatable bonds is 5. The molecule has 2 heterocycles. The van der Waals surface area contributed by atoms with Crippen molar-refractivity contribution in [3.8, 4) is 11.3 Å². The quantitative estimate of drug-likeness (QED) is 0.616. The minimum absolute atomic E-state index is 0. The summed E-state index contributed by atoms with van der Waals surface area (Å²) >= 11 is 0. The molecule has 0 bridgehead atoms. The number of hydrazone groups is 1. The molecule has 1 aromatic carbocycles. The van der Waals surface area contributed by atoms with Gasteiger partial charge in [0.05, 0.1) is 6.21 Å². The number of halogens is 2. The van der Waals surface area contributed by atoms with Gasteiger partial charge in [-0.25, -0.2) is 14.2 Å². The van der Waals surface area contributed by atoms with Crippen LogP contribution in [-0.2, 0) is 9.59 Å². The van der Waals surface area contributed by atoms with Crippen LogP contribution in [0.25, 0.3) is 11.3 Å². The third kappa shape index (κ3) is 4.39. The normalized spacial score (nSPS) is 14.1. The number of imide groups is 3. The third-order valence-corrected chi connectivity index (χ3v) is 3.63. The summed E-state index contributed by atoms with van der Waals surface area (Å²) in [6.45, 7) is -0.297. The second kappa shape index (κ2) is 8.56. The lowest BCUT2D eigenvalue weighted by Crippen LogP contribution is -2.38. The lowest BCUT2D eigenvalue weighted by molar-refractivity contribution is -0.138. The zero-order chi connectivity index (χ0) is 18.7. The first-order valence-electron chi connectivity index (χ1n) is 7.76. The molecule has 0 atom stereocenters. The van der Waals surface area contributed by atoms with Crippen LogP contribution >= 0.6 is 12.4 Å². The molecular weight excluding hydrogens is 379 g/mol. The van der Waals surface area contributed by atoms with E-state index in [2.05, 4.69) is 5.10 Å². The van der Waals surface area contributed by atoms with Crippen LogP contribution in [0.2, 0.25) is 0 Å². The van der Waals surface area contributed by atoms with Crippen molar-refractivity contribution in [1.29, 1.82) is 0 Å². The summed E-state index contributed by atoms with van der Waals surface area (Å²) in [4.78, 5) is 36.2. The van der Waals surface area contributed by atoms with Crippen LogP contribution in [0.5, 0.6) is 0 Å². The second-order valence-corrected chi connectivity index (χ2v) is 5.46. The van der Waals surface area contributed by atoms with E-state index in [-0.39, 0.29) is 37.7 Å². The van der Waals surface area contributed by atoms with Gasteiger partial charge in [-0.2, -0.15) is 10.0 Å². The minimum atomic E-state index is -0.824. The number of urea groups is 1. The number of hydrogen-bond donors (Lipinski definition) is 1. The molecule has 2 aromatic rings. The highest BCUT2D eigenvalue weighted by atomic mass is 35.5. The van der Waals surface area contributed by atoms with Gasteiger partial charge in [-0.15, -0.1) is 12.4 Å². The number of carbonyl (C=O) groups excluding carboxylic acids is 3. The predicted octanol–water partition coefficient (Wildman–Crippen LogP) is 1.98. The number of hydrogen-bond acceptors (Lipinski definition) is 6. The maximum atomic E-state index is 13.0. The van der Waals surface area contributed by atoms with E-state index < -0.39 is 17.8 Å². The molecular formula is C17H16ClFN4O4. The molecule has 0 spiro atoms. The largest absolute Gasteiger partial charge is 0.455 e. The van der Waals surface area contributed by atoms with Gasteiger partial charge >= 0.3 is 6.03 Å². The summed E-state index contributed by atoms with van der Waals surface area (Å²) in [5, 5.41) is 4.77. The Balaban J connectivity index is 0.00000261. The average Bonchev–Trinajstić information content (AvgIpc) is 3.18. The van der Waals surface area contributed by atoms with E-state index in [0.29, 0.717) is 22.0 Å². The summed E-state index contributed by atoms with van der Waals surface area (Å²) < 4.78 is 18.5. The average molecular weight is 395 g/mol. The van der Waals surface area contributed by atoms with E-state index >= 15 is 0 Å². The number of carbonyl (C=O) groups is 3. The molecule has 2 N–H and O–H groups in total. The number of nitrogens with zero attached hydrogens (tertiary/aromatic N) is 3. The summed E-state index contributed by atoms with van der Waals surface area (Å²) in [7, 11) is 0. The van der Waals surface area contributed by atoms with Gasteiger partial charge in [-0.3, -0.25) is 9.59 Å². The maximum Gasteiger partial charge on any atom is 0.354 e. The van der Waals surface area contributed by atoms with Gasteiger partial charge < -0.3 is 10.2 Å². The molecule has 142 valence electrons. The van der Waals surface area contributed by atoms with Gasteiger partial charge in [0.15, 0.2) is 0 Å². The summed E-state index contributed by atoms with van der Waals surface area (Å²) in [5.74, 6) is -0.840. The van der Waals surface area contributed by atoms with Crippen molar-refractivity contribution in [1.82, 2.24) is 9.91 Å². The Kier molecular flexibility index (Phi) is 6.43. The van der Waals surface area contributed by atoms with E-state index in [1.165, 1.54) is 18.3 Å². The van der Waals surface area contributed by atoms with E-state index in [1.54, 1.807) is 24.3 Å². The molecule has 0 unspecified atom stereocenters. The fraction of sp³-hybridized carbons (Fsp3) is 0.176. The van der Waals surface area contributed by atoms with Crippen molar-refractivity contribution in [3.63, 3.8) is 0 Å². The zero-order valence-corrected chi connectivity index (χ0v) is 14.8. The van der Waals surface area contributed by atoms with Crippen molar-refractivity contribution >= 4 is 36.5 Å². The van der Waals surface area contributed by atoms with Gasteiger partial charge in [0.1, 0.15) is 23.9 Å². The third-order valence-electron chi connectivity index (χ3n) is 3.63. The van der Waals surface area contributed by atoms with Gasteiger partial charge in [0, 0.05) is 18.5 Å². The molecule has 27 heavy (non-hydrogen) atoms. The molecule has 0 radical (unpaired) electrons. The Labute approximate surface area is 159 Å². The van der Waals surface area contributed by atoms with Crippen LogP contribution in [0.1, 0.15) is 12.2 Å². The van der Waals surface area contributed by atoms with Crippen molar-refractivity contribution in [2.75, 3.05) is 13.1 Å². The van der Waals surface area contributed by atoms with Crippen molar-refractivity contribution in [2.45, 2.75) is 6.42 Å². The van der Waals surface area contributed by atoms with Crippen LogP contribution in [-0.4, -0.2) is 47.1 Å². The van der Waals surface area contributed by atoms with Gasteiger partial charge in [0.2, 0.25) is 5.91 Å². The van der Waals surface area contributed by atoms with E-state index in [4.69, 9.17) is 10.2 Å². The van der Waals surface area contributed by atoms with Crippen molar-refractivity contribution < 1.29 is 23.2 Å². The molecule has 1 aliphatic heterocycles. The Hall–Kier alpha value is -3.04. The fourth-order valence-corrected chi connectivity index (χ4v) is 2.38. The zero-order valence-electron chi connectivity index (χ0n) is 14.0. The highest BCUT2D eigenvalue weighted by Gasteiger charge is 2.40. The molecule has 0 aliphatic carbocycles. The van der Waals surface area contributed by atoms with E-state index in [1.807, 2.05) is 0 Å². The highest BCUT2D eigenvalue weighted by molar-refractivity contribution is 6.15. The predicted molar refractivity (Wildman–Crippen MR) is 96.6 cm³/mol. The van der Waals surface area contributed by atoms with Crippen LogP contribution in [0.15, 0.2) is 45.9 Å². The first-order chi connectivity index (χ1) is 12.5. The Morgan fingerprint density at radius 3 is 2.59 bits per heavy atom. The molecule has 1 saturated heterocycles. The number of nitrogens with two attached hydrogens (primary N) is 1. The highest BCUT2D eigenvalue weighted by Crippen LogP contribution is 2.22. The Morgan fingerprint density at radius 2 is 1.93 bits per heavy atom. The second-order valence-electron chi connectivity index (χ2n) is 5.46. The smallest absolute Gasteiger partial charge is 0.354 e. The molecule has 8 nitrogen and oxygen atoms in total. The van der Waals surface area contributed by atoms with E-state index in [0.717, 1.165) is 5.01 Å². The first kappa shape index (κ1) is 20.3. The fourth-order valence-electron chi connectivity index (χ4n) is 2.38. The summed E-state index contributed by atoms with van der Waals surface area (Å²) in [5.41, 5.74) is 5.95. The molecule has 1 fully saturated rings. The Bertz CT molecular complexity index is 881. The topological polar surface area (TPSA) is 109 Å². The summed E-state index contributed by atoms with van der Waals surface area (Å²) in [6, 6.07) is 8.22. The monoisotopic (exact) mass is 394 g/mol. The van der Waals surface area contributed by atoms with Crippen molar-refractivity contribution in [3.05, 3.63) is 48.0 Å². The van der Waals surface area contributed by atoms with Crippen LogP contribution in [0.4, 0.5) is 9.18 Å².